The molecule has 2 aromatic rings. The summed E-state index contributed by atoms with van der Waals surface area (Å²) in [6, 6.07) is 6.02. The summed E-state index contributed by atoms with van der Waals surface area (Å²) < 4.78 is 5.91. The van der Waals surface area contributed by atoms with E-state index in [1.165, 1.54) is 4.90 Å². The number of hydrogen-bond donors (Lipinski definition) is 4. The molecule has 1 aromatic carbocycles. The average molecular weight is 614 g/mol. The predicted molar refractivity (Wildman–Crippen MR) is 167 cm³/mol. The fraction of sp³-hybridized carbons (Fsp3) is 0.625. The van der Waals surface area contributed by atoms with Crippen LogP contribution in [0.15, 0.2) is 29.8 Å². The van der Waals surface area contributed by atoms with Crippen molar-refractivity contribution in [3.63, 3.8) is 0 Å². The van der Waals surface area contributed by atoms with Crippen molar-refractivity contribution < 1.29 is 24.2 Å². The summed E-state index contributed by atoms with van der Waals surface area (Å²) in [5, 5.41) is 19.8. The molecule has 3 amide bonds. The largest absolute Gasteiger partial charge is 0.391 e. The van der Waals surface area contributed by atoms with Gasteiger partial charge in [-0.05, 0) is 62.7 Å². The van der Waals surface area contributed by atoms with E-state index in [9.17, 15) is 19.5 Å². The highest BCUT2D eigenvalue weighted by molar-refractivity contribution is 7.13. The SMILES string of the molecule is Cc1ncsc1-c1ccc([C@H](C)NC(=O)[C@@H]2C[C@@H](O)CN2C(=O)C(NC(=O)CCCOC2CCNCC2)C(C)(C)C)cc1. The van der Waals surface area contributed by atoms with Crippen LogP contribution in [0.1, 0.15) is 77.1 Å². The van der Waals surface area contributed by atoms with E-state index in [0.717, 1.165) is 47.6 Å². The van der Waals surface area contributed by atoms with Gasteiger partial charge in [-0.3, -0.25) is 14.4 Å². The average Bonchev–Trinajstić information content (AvgIpc) is 3.59. The molecule has 1 aromatic heterocycles. The zero-order valence-corrected chi connectivity index (χ0v) is 26.8. The third kappa shape index (κ3) is 8.84. The Labute approximate surface area is 259 Å². The predicted octanol–water partition coefficient (Wildman–Crippen LogP) is 3.34. The Morgan fingerprint density at radius 1 is 1.16 bits per heavy atom. The maximum Gasteiger partial charge on any atom is 0.246 e. The normalized spacial score (nSPS) is 20.9. The number of aryl methyl sites for hydroxylation is 1. The van der Waals surface area contributed by atoms with Crippen molar-refractivity contribution in [2.75, 3.05) is 26.2 Å². The number of thiazole rings is 1. The maximum atomic E-state index is 13.8. The summed E-state index contributed by atoms with van der Waals surface area (Å²) in [5.74, 6) is -0.914. The van der Waals surface area contributed by atoms with Crippen LogP contribution in [0.3, 0.4) is 0 Å². The number of benzene rings is 1. The molecule has 0 saturated carbocycles. The Bertz CT molecular complexity index is 1240. The lowest BCUT2D eigenvalue weighted by atomic mass is 9.85. The number of nitrogens with zero attached hydrogens (tertiary/aromatic N) is 2. The monoisotopic (exact) mass is 613 g/mol. The van der Waals surface area contributed by atoms with E-state index in [0.29, 0.717) is 13.0 Å². The summed E-state index contributed by atoms with van der Waals surface area (Å²) in [6.45, 7) is 12.0. The number of rotatable bonds is 11. The molecule has 236 valence electrons. The molecular formula is C32H47N5O5S. The van der Waals surface area contributed by atoms with Crippen LogP contribution in [0.4, 0.5) is 0 Å². The molecule has 2 saturated heterocycles. The number of carbonyl (C=O) groups is 3. The van der Waals surface area contributed by atoms with Crippen LogP contribution in [0.2, 0.25) is 0 Å². The molecule has 0 aliphatic carbocycles. The lowest BCUT2D eigenvalue weighted by Gasteiger charge is -2.35. The molecular weight excluding hydrogens is 566 g/mol. The Kier molecular flexibility index (Phi) is 11.3. The van der Waals surface area contributed by atoms with Gasteiger partial charge in [0, 0.05) is 26.0 Å². The Balaban J connectivity index is 1.34. The van der Waals surface area contributed by atoms with Crippen molar-refractivity contribution in [1.29, 1.82) is 0 Å². The molecule has 0 bridgehead atoms. The first-order chi connectivity index (χ1) is 20.4. The van der Waals surface area contributed by atoms with Gasteiger partial charge in [-0.1, -0.05) is 45.0 Å². The topological polar surface area (TPSA) is 133 Å². The van der Waals surface area contributed by atoms with Gasteiger partial charge < -0.3 is 30.7 Å². The van der Waals surface area contributed by atoms with E-state index in [1.54, 1.807) is 11.3 Å². The highest BCUT2D eigenvalue weighted by atomic mass is 32.1. The van der Waals surface area contributed by atoms with Crippen LogP contribution in [-0.4, -0.2) is 83.2 Å². The quantitative estimate of drug-likeness (QED) is 0.286. The second-order valence-corrected chi connectivity index (χ2v) is 13.7. The van der Waals surface area contributed by atoms with Crippen LogP contribution >= 0.6 is 11.3 Å². The van der Waals surface area contributed by atoms with Gasteiger partial charge in [-0.25, -0.2) is 4.98 Å². The number of aromatic nitrogens is 1. The van der Waals surface area contributed by atoms with Gasteiger partial charge in [0.25, 0.3) is 0 Å². The standard InChI is InChI=1S/C32H47N5O5S/c1-20(22-8-10-23(11-9-22)28-21(2)34-19-43-28)35-30(40)26-17-24(38)18-37(26)31(41)29(32(3,4)5)36-27(39)7-6-16-42-25-12-14-33-15-13-25/h8-11,19-20,24-26,29,33,38H,6-7,12-18H2,1-5H3,(H,35,40)(H,36,39)/t20-,24+,26-,29?/m0/s1. The van der Waals surface area contributed by atoms with Crippen molar-refractivity contribution in [2.24, 2.45) is 5.41 Å². The first kappa shape index (κ1) is 33.0. The molecule has 1 unspecified atom stereocenters. The molecule has 4 N–H and O–H groups in total. The summed E-state index contributed by atoms with van der Waals surface area (Å²) in [4.78, 5) is 47.1. The Morgan fingerprint density at radius 3 is 2.49 bits per heavy atom. The fourth-order valence-corrected chi connectivity index (χ4v) is 6.51. The molecule has 43 heavy (non-hydrogen) atoms. The van der Waals surface area contributed by atoms with Gasteiger partial charge in [0.2, 0.25) is 17.7 Å². The van der Waals surface area contributed by atoms with E-state index in [2.05, 4.69) is 20.9 Å². The number of piperidine rings is 1. The van der Waals surface area contributed by atoms with E-state index >= 15 is 0 Å². The summed E-state index contributed by atoms with van der Waals surface area (Å²) in [5.41, 5.74) is 4.21. The van der Waals surface area contributed by atoms with Crippen molar-refractivity contribution in [3.05, 3.63) is 41.0 Å². The van der Waals surface area contributed by atoms with Crippen LogP contribution in [-0.2, 0) is 19.1 Å². The first-order valence-corrected chi connectivity index (χ1v) is 16.2. The van der Waals surface area contributed by atoms with Gasteiger partial charge in [-0.2, -0.15) is 0 Å². The van der Waals surface area contributed by atoms with Crippen molar-refractivity contribution >= 4 is 29.1 Å². The number of amides is 3. The molecule has 4 rings (SSSR count). The van der Waals surface area contributed by atoms with Crippen molar-refractivity contribution in [1.82, 2.24) is 25.8 Å². The fourth-order valence-electron chi connectivity index (χ4n) is 5.69. The van der Waals surface area contributed by atoms with Crippen LogP contribution < -0.4 is 16.0 Å². The number of ether oxygens (including phenoxy) is 1. The van der Waals surface area contributed by atoms with Gasteiger partial charge >= 0.3 is 0 Å². The van der Waals surface area contributed by atoms with E-state index in [-0.39, 0.29) is 49.3 Å². The molecule has 0 radical (unpaired) electrons. The molecule has 4 atom stereocenters. The second kappa shape index (κ2) is 14.7. The Hall–Kier alpha value is -2.86. The lowest BCUT2D eigenvalue weighted by Crippen LogP contribution is -2.57. The van der Waals surface area contributed by atoms with Gasteiger partial charge in [0.1, 0.15) is 12.1 Å². The number of hydrogen-bond acceptors (Lipinski definition) is 8. The zero-order chi connectivity index (χ0) is 31.1. The molecule has 2 aliphatic rings. The number of likely N-dealkylation sites (tertiary alicyclic amines) is 1. The van der Waals surface area contributed by atoms with Gasteiger partial charge in [0.15, 0.2) is 0 Å². The molecule has 2 fully saturated rings. The summed E-state index contributed by atoms with van der Waals surface area (Å²) in [7, 11) is 0. The van der Waals surface area contributed by atoms with Crippen LogP contribution in [0.5, 0.6) is 0 Å². The first-order valence-electron chi connectivity index (χ1n) is 15.3. The van der Waals surface area contributed by atoms with Crippen LogP contribution in [0.25, 0.3) is 10.4 Å². The highest BCUT2D eigenvalue weighted by Crippen LogP contribution is 2.29. The minimum atomic E-state index is -0.842. The summed E-state index contributed by atoms with van der Waals surface area (Å²) >= 11 is 1.59. The number of nitrogens with one attached hydrogen (secondary N) is 3. The third-order valence-corrected chi connectivity index (χ3v) is 9.23. The molecule has 0 spiro atoms. The maximum absolute atomic E-state index is 13.8. The third-order valence-electron chi connectivity index (χ3n) is 8.25. The van der Waals surface area contributed by atoms with Crippen molar-refractivity contribution in [2.45, 2.75) is 97.1 Å². The number of carbonyl (C=O) groups excluding carboxylic acids is 3. The molecule has 10 nitrogen and oxygen atoms in total. The van der Waals surface area contributed by atoms with Gasteiger partial charge in [0.05, 0.1) is 34.3 Å². The molecule has 11 heteroatoms. The van der Waals surface area contributed by atoms with E-state index in [4.69, 9.17) is 4.74 Å². The smallest absolute Gasteiger partial charge is 0.246 e. The molecule has 3 heterocycles. The minimum Gasteiger partial charge on any atom is -0.391 e. The lowest BCUT2D eigenvalue weighted by molar-refractivity contribution is -0.144. The van der Waals surface area contributed by atoms with Crippen LogP contribution in [0, 0.1) is 12.3 Å². The molecule has 2 aliphatic heterocycles. The van der Waals surface area contributed by atoms with E-state index < -0.39 is 23.6 Å². The summed E-state index contributed by atoms with van der Waals surface area (Å²) in [6.07, 6.45) is 2.32. The minimum absolute atomic E-state index is 0.0424. The highest BCUT2D eigenvalue weighted by Gasteiger charge is 2.44. The number of aliphatic hydroxyl groups excluding tert-OH is 1. The number of aliphatic hydroxyl groups is 1. The zero-order valence-electron chi connectivity index (χ0n) is 26.0. The number of β-amino-alcohol motifs (C(OH)–C–C–N with tert-alkyl or cyclic N) is 1. The Morgan fingerprint density at radius 2 is 1.86 bits per heavy atom. The second-order valence-electron chi connectivity index (χ2n) is 12.8. The van der Waals surface area contributed by atoms with Gasteiger partial charge in [-0.15, -0.1) is 11.3 Å². The van der Waals surface area contributed by atoms with E-state index in [1.807, 2.05) is 64.4 Å². The van der Waals surface area contributed by atoms with Crippen molar-refractivity contribution in [3.8, 4) is 10.4 Å².